The molecular formula is C13H15N3O. The fourth-order valence-electron chi connectivity index (χ4n) is 2.68. The van der Waals surface area contributed by atoms with Crippen molar-refractivity contribution in [3.8, 4) is 0 Å². The van der Waals surface area contributed by atoms with E-state index in [2.05, 4.69) is 27.6 Å². The number of amides is 1. The van der Waals surface area contributed by atoms with Crippen LogP contribution in [0, 0.1) is 0 Å². The summed E-state index contributed by atoms with van der Waals surface area (Å²) >= 11 is 0. The number of carbonyl (C=O) groups is 1. The van der Waals surface area contributed by atoms with Gasteiger partial charge in [-0.05, 0) is 24.9 Å². The lowest BCUT2D eigenvalue weighted by atomic mass is 9.97. The predicted octanol–water partition coefficient (Wildman–Crippen LogP) is 1.14. The van der Waals surface area contributed by atoms with Crippen LogP contribution in [0.4, 0.5) is 0 Å². The van der Waals surface area contributed by atoms with E-state index in [-0.39, 0.29) is 5.91 Å². The van der Waals surface area contributed by atoms with E-state index in [0.717, 1.165) is 25.9 Å². The Hall–Kier alpha value is -1.68. The average Bonchev–Trinajstić information content (AvgIpc) is 2.91. The van der Waals surface area contributed by atoms with Gasteiger partial charge >= 0.3 is 0 Å². The van der Waals surface area contributed by atoms with Crippen molar-refractivity contribution in [2.24, 2.45) is 5.10 Å². The van der Waals surface area contributed by atoms with Crippen LogP contribution in [0.25, 0.3) is 0 Å². The van der Waals surface area contributed by atoms with Crippen molar-refractivity contribution >= 4 is 12.1 Å². The maximum Gasteiger partial charge on any atom is 0.266 e. The SMILES string of the molecule is O=C1NN=CC12CCCN2Cc1ccccc1. The van der Waals surface area contributed by atoms with Gasteiger partial charge in [0.25, 0.3) is 5.91 Å². The lowest BCUT2D eigenvalue weighted by molar-refractivity contribution is -0.127. The Morgan fingerprint density at radius 3 is 2.88 bits per heavy atom. The van der Waals surface area contributed by atoms with Gasteiger partial charge in [0.05, 0.1) is 6.21 Å². The van der Waals surface area contributed by atoms with Crippen LogP contribution in [0.5, 0.6) is 0 Å². The zero-order valence-corrected chi connectivity index (χ0v) is 9.60. The highest BCUT2D eigenvalue weighted by molar-refractivity contribution is 6.06. The molecular weight excluding hydrogens is 214 g/mol. The molecule has 0 radical (unpaired) electrons. The van der Waals surface area contributed by atoms with Gasteiger partial charge in [0, 0.05) is 6.54 Å². The van der Waals surface area contributed by atoms with Crippen molar-refractivity contribution in [1.82, 2.24) is 10.3 Å². The van der Waals surface area contributed by atoms with E-state index in [1.165, 1.54) is 5.56 Å². The number of hydrogen-bond acceptors (Lipinski definition) is 3. The molecule has 1 amide bonds. The molecule has 0 aromatic heterocycles. The number of rotatable bonds is 2. The number of benzene rings is 1. The molecule has 4 heteroatoms. The van der Waals surface area contributed by atoms with E-state index in [1.54, 1.807) is 6.21 Å². The monoisotopic (exact) mass is 229 g/mol. The van der Waals surface area contributed by atoms with Gasteiger partial charge < -0.3 is 0 Å². The minimum atomic E-state index is -0.490. The molecule has 0 aliphatic carbocycles. The van der Waals surface area contributed by atoms with Crippen LogP contribution >= 0.6 is 0 Å². The summed E-state index contributed by atoms with van der Waals surface area (Å²) in [6.45, 7) is 1.76. The van der Waals surface area contributed by atoms with E-state index in [9.17, 15) is 4.79 Å². The number of likely N-dealkylation sites (tertiary alicyclic amines) is 1. The molecule has 2 heterocycles. The van der Waals surface area contributed by atoms with Crippen molar-refractivity contribution in [2.75, 3.05) is 6.54 Å². The number of hydrazone groups is 1. The van der Waals surface area contributed by atoms with E-state index in [1.807, 2.05) is 18.2 Å². The van der Waals surface area contributed by atoms with Gasteiger partial charge in [-0.3, -0.25) is 9.69 Å². The van der Waals surface area contributed by atoms with Crippen molar-refractivity contribution in [3.05, 3.63) is 35.9 Å². The normalized spacial score (nSPS) is 27.9. The van der Waals surface area contributed by atoms with E-state index >= 15 is 0 Å². The predicted molar refractivity (Wildman–Crippen MR) is 65.5 cm³/mol. The van der Waals surface area contributed by atoms with Crippen LogP contribution in [-0.4, -0.2) is 29.1 Å². The third-order valence-corrected chi connectivity index (χ3v) is 3.60. The van der Waals surface area contributed by atoms with Crippen LogP contribution in [-0.2, 0) is 11.3 Å². The second kappa shape index (κ2) is 3.96. The molecule has 2 aliphatic rings. The molecule has 1 unspecified atom stereocenters. The maximum atomic E-state index is 11.9. The number of carbonyl (C=O) groups excluding carboxylic acids is 1. The van der Waals surface area contributed by atoms with E-state index in [0.29, 0.717) is 0 Å². The summed E-state index contributed by atoms with van der Waals surface area (Å²) in [6.07, 6.45) is 3.69. The number of hydrogen-bond donors (Lipinski definition) is 1. The molecule has 1 fully saturated rings. The van der Waals surface area contributed by atoms with Gasteiger partial charge in [0.1, 0.15) is 5.54 Å². The van der Waals surface area contributed by atoms with Crippen LogP contribution in [0.2, 0.25) is 0 Å². The molecule has 4 nitrogen and oxygen atoms in total. The Kier molecular flexibility index (Phi) is 2.44. The number of nitrogens with zero attached hydrogens (tertiary/aromatic N) is 2. The second-order valence-electron chi connectivity index (χ2n) is 4.63. The van der Waals surface area contributed by atoms with Crippen LogP contribution in [0.15, 0.2) is 35.4 Å². The molecule has 1 saturated heterocycles. The molecule has 3 rings (SSSR count). The summed E-state index contributed by atoms with van der Waals surface area (Å²) in [6, 6.07) is 10.3. The van der Waals surface area contributed by atoms with Crippen LogP contribution < -0.4 is 5.43 Å². The largest absolute Gasteiger partial charge is 0.281 e. The minimum Gasteiger partial charge on any atom is -0.281 e. The lowest BCUT2D eigenvalue weighted by Crippen LogP contribution is -2.51. The minimum absolute atomic E-state index is 0.0194. The van der Waals surface area contributed by atoms with Gasteiger partial charge in [0.2, 0.25) is 0 Å². The standard InChI is InChI=1S/C13H15N3O/c17-12-13(10-14-15-12)7-4-8-16(13)9-11-5-2-1-3-6-11/h1-3,5-6,10H,4,7-9H2,(H,15,17). The average molecular weight is 229 g/mol. The Morgan fingerprint density at radius 2 is 2.18 bits per heavy atom. The molecule has 0 bridgehead atoms. The molecule has 1 N–H and O–H groups in total. The van der Waals surface area contributed by atoms with Crippen molar-refractivity contribution in [3.63, 3.8) is 0 Å². The molecule has 88 valence electrons. The summed E-state index contributed by atoms with van der Waals surface area (Å²) in [5.74, 6) is 0.0194. The van der Waals surface area contributed by atoms with Crippen molar-refractivity contribution in [2.45, 2.75) is 24.9 Å². The van der Waals surface area contributed by atoms with Gasteiger partial charge in [-0.2, -0.15) is 5.10 Å². The fourth-order valence-corrected chi connectivity index (χ4v) is 2.68. The highest BCUT2D eigenvalue weighted by Gasteiger charge is 2.48. The smallest absolute Gasteiger partial charge is 0.266 e. The first-order chi connectivity index (χ1) is 8.31. The fraction of sp³-hybridized carbons (Fsp3) is 0.385. The summed E-state index contributed by atoms with van der Waals surface area (Å²) in [5, 5.41) is 3.93. The highest BCUT2D eigenvalue weighted by atomic mass is 16.2. The third-order valence-electron chi connectivity index (χ3n) is 3.60. The highest BCUT2D eigenvalue weighted by Crippen LogP contribution is 2.31. The molecule has 1 aromatic rings. The zero-order valence-electron chi connectivity index (χ0n) is 9.60. The van der Waals surface area contributed by atoms with Crippen LogP contribution in [0.3, 0.4) is 0 Å². The molecule has 1 aromatic carbocycles. The van der Waals surface area contributed by atoms with E-state index < -0.39 is 5.54 Å². The van der Waals surface area contributed by atoms with Gasteiger partial charge in [0.15, 0.2) is 0 Å². The molecule has 0 saturated carbocycles. The topological polar surface area (TPSA) is 44.7 Å². The third kappa shape index (κ3) is 1.65. The van der Waals surface area contributed by atoms with Gasteiger partial charge in [-0.25, -0.2) is 5.43 Å². The molecule has 2 aliphatic heterocycles. The molecule has 1 atom stereocenters. The zero-order chi connectivity index (χ0) is 11.7. The molecule has 17 heavy (non-hydrogen) atoms. The first-order valence-electron chi connectivity index (χ1n) is 5.95. The second-order valence-corrected chi connectivity index (χ2v) is 4.63. The first kappa shape index (κ1) is 10.5. The summed E-state index contributed by atoms with van der Waals surface area (Å²) < 4.78 is 0. The Labute approximate surface area is 100 Å². The summed E-state index contributed by atoms with van der Waals surface area (Å²) in [5.41, 5.74) is 3.30. The Balaban J connectivity index is 1.84. The van der Waals surface area contributed by atoms with E-state index in [4.69, 9.17) is 0 Å². The summed E-state index contributed by atoms with van der Waals surface area (Å²) in [4.78, 5) is 14.1. The van der Waals surface area contributed by atoms with Crippen molar-refractivity contribution < 1.29 is 4.79 Å². The quantitative estimate of drug-likeness (QED) is 0.826. The summed E-state index contributed by atoms with van der Waals surface area (Å²) in [7, 11) is 0. The van der Waals surface area contributed by atoms with Gasteiger partial charge in [-0.1, -0.05) is 30.3 Å². The first-order valence-corrected chi connectivity index (χ1v) is 5.95. The Morgan fingerprint density at radius 1 is 1.35 bits per heavy atom. The van der Waals surface area contributed by atoms with Crippen LogP contribution in [0.1, 0.15) is 18.4 Å². The van der Waals surface area contributed by atoms with Crippen molar-refractivity contribution in [1.29, 1.82) is 0 Å². The Bertz CT molecular complexity index is 457. The maximum absolute atomic E-state index is 11.9. The molecule has 1 spiro atoms. The number of nitrogens with one attached hydrogen (secondary N) is 1. The lowest BCUT2D eigenvalue weighted by Gasteiger charge is -2.29. The van der Waals surface area contributed by atoms with Gasteiger partial charge in [-0.15, -0.1) is 0 Å².